The standard InChI is InChI=1S/C13H13N3O4S/c1-18-9-4-7(5-10(19-2)11(9)20-3)15-13-8(6-14)12(17)16-21-13/h4-5,15H,1-3H3,(H,16,17). The Morgan fingerprint density at radius 3 is 2.29 bits per heavy atom. The number of H-pyrrole nitrogens is 1. The van der Waals surface area contributed by atoms with Gasteiger partial charge in [-0.3, -0.25) is 9.17 Å². The van der Waals surface area contributed by atoms with Gasteiger partial charge in [0, 0.05) is 17.8 Å². The van der Waals surface area contributed by atoms with Crippen LogP contribution < -0.4 is 25.1 Å². The molecule has 0 aliphatic carbocycles. The van der Waals surface area contributed by atoms with E-state index in [0.717, 1.165) is 11.5 Å². The molecule has 2 N–H and O–H groups in total. The zero-order valence-electron chi connectivity index (χ0n) is 11.6. The van der Waals surface area contributed by atoms with Gasteiger partial charge in [0.1, 0.15) is 11.1 Å². The monoisotopic (exact) mass is 307 g/mol. The molecule has 2 rings (SSSR count). The van der Waals surface area contributed by atoms with Gasteiger partial charge >= 0.3 is 0 Å². The van der Waals surface area contributed by atoms with Crippen molar-refractivity contribution in [1.82, 2.24) is 4.37 Å². The van der Waals surface area contributed by atoms with Crippen LogP contribution in [0.1, 0.15) is 5.56 Å². The van der Waals surface area contributed by atoms with Gasteiger partial charge in [-0.1, -0.05) is 0 Å². The fourth-order valence-electron chi connectivity index (χ4n) is 1.78. The van der Waals surface area contributed by atoms with Crippen LogP contribution in [-0.4, -0.2) is 25.7 Å². The maximum absolute atomic E-state index is 11.4. The summed E-state index contributed by atoms with van der Waals surface area (Å²) in [5.41, 5.74) is 0.224. The Balaban J connectivity index is 2.45. The SMILES string of the molecule is COc1cc(Nc2s[nH]c(=O)c2C#N)cc(OC)c1OC. The second-order valence-corrected chi connectivity index (χ2v) is 4.70. The van der Waals surface area contributed by atoms with Crippen molar-refractivity contribution in [2.24, 2.45) is 0 Å². The quantitative estimate of drug-likeness (QED) is 0.878. The summed E-state index contributed by atoms with van der Waals surface area (Å²) in [6, 6.07) is 5.24. The van der Waals surface area contributed by atoms with Crippen LogP contribution in [0.5, 0.6) is 17.2 Å². The first-order chi connectivity index (χ1) is 10.1. The highest BCUT2D eigenvalue weighted by Crippen LogP contribution is 2.40. The van der Waals surface area contributed by atoms with Crippen molar-refractivity contribution >= 4 is 22.2 Å². The molecule has 0 aliphatic rings. The fraction of sp³-hybridized carbons (Fsp3) is 0.231. The van der Waals surface area contributed by atoms with E-state index >= 15 is 0 Å². The van der Waals surface area contributed by atoms with Crippen molar-refractivity contribution in [1.29, 1.82) is 5.26 Å². The average Bonchev–Trinajstić information content (AvgIpc) is 2.85. The fourth-order valence-corrected chi connectivity index (χ4v) is 2.48. The summed E-state index contributed by atoms with van der Waals surface area (Å²) in [6.07, 6.45) is 0. The number of benzene rings is 1. The molecule has 1 heterocycles. The summed E-state index contributed by atoms with van der Waals surface area (Å²) < 4.78 is 18.2. The Morgan fingerprint density at radius 2 is 1.81 bits per heavy atom. The third-order valence-electron chi connectivity index (χ3n) is 2.73. The lowest BCUT2D eigenvalue weighted by Gasteiger charge is -2.14. The van der Waals surface area contributed by atoms with Crippen LogP contribution in [0.2, 0.25) is 0 Å². The van der Waals surface area contributed by atoms with Gasteiger partial charge in [0.25, 0.3) is 5.56 Å². The van der Waals surface area contributed by atoms with E-state index in [9.17, 15) is 4.79 Å². The molecule has 8 heteroatoms. The third kappa shape index (κ3) is 2.78. The zero-order chi connectivity index (χ0) is 15.4. The number of aromatic nitrogens is 1. The number of anilines is 2. The maximum atomic E-state index is 11.4. The van der Waals surface area contributed by atoms with Gasteiger partial charge in [-0.05, 0) is 11.5 Å². The molecule has 0 spiro atoms. The summed E-state index contributed by atoms with van der Waals surface area (Å²) in [5, 5.41) is 12.4. The molecule has 0 saturated heterocycles. The molecule has 0 bridgehead atoms. The lowest BCUT2D eigenvalue weighted by atomic mass is 10.2. The molecule has 0 saturated carbocycles. The van der Waals surface area contributed by atoms with E-state index in [4.69, 9.17) is 19.5 Å². The van der Waals surface area contributed by atoms with E-state index in [1.54, 1.807) is 12.1 Å². The predicted molar refractivity (Wildman–Crippen MR) is 79.0 cm³/mol. The lowest BCUT2D eigenvalue weighted by molar-refractivity contribution is 0.324. The van der Waals surface area contributed by atoms with Crippen LogP contribution in [0.25, 0.3) is 0 Å². The van der Waals surface area contributed by atoms with E-state index in [1.807, 2.05) is 6.07 Å². The topological polar surface area (TPSA) is 96.4 Å². The van der Waals surface area contributed by atoms with Crippen LogP contribution >= 0.6 is 11.5 Å². The molecule has 0 fully saturated rings. The number of ether oxygens (including phenoxy) is 3. The maximum Gasteiger partial charge on any atom is 0.278 e. The van der Waals surface area contributed by atoms with E-state index in [1.165, 1.54) is 21.3 Å². The Labute approximate surface area is 124 Å². The van der Waals surface area contributed by atoms with E-state index < -0.39 is 5.56 Å². The number of nitrogens with zero attached hydrogens (tertiary/aromatic N) is 1. The Kier molecular flexibility index (Phi) is 4.35. The zero-order valence-corrected chi connectivity index (χ0v) is 12.5. The van der Waals surface area contributed by atoms with Crippen molar-refractivity contribution in [3.63, 3.8) is 0 Å². The van der Waals surface area contributed by atoms with Gasteiger partial charge in [0.05, 0.1) is 21.3 Å². The van der Waals surface area contributed by atoms with E-state index in [0.29, 0.717) is 27.9 Å². The molecular weight excluding hydrogens is 294 g/mol. The third-order valence-corrected chi connectivity index (χ3v) is 3.53. The summed E-state index contributed by atoms with van der Waals surface area (Å²) >= 11 is 1.05. The Hall–Kier alpha value is -2.66. The van der Waals surface area contributed by atoms with Crippen molar-refractivity contribution in [3.8, 4) is 23.3 Å². The van der Waals surface area contributed by atoms with Crippen LogP contribution in [0.3, 0.4) is 0 Å². The highest BCUT2D eigenvalue weighted by atomic mass is 32.1. The van der Waals surface area contributed by atoms with Crippen LogP contribution in [0.15, 0.2) is 16.9 Å². The predicted octanol–water partition coefficient (Wildman–Crippen LogP) is 2.08. The van der Waals surface area contributed by atoms with Crippen molar-refractivity contribution in [3.05, 3.63) is 28.0 Å². The molecule has 0 unspecified atom stereocenters. The number of rotatable bonds is 5. The van der Waals surface area contributed by atoms with Gasteiger partial charge in [0.2, 0.25) is 5.75 Å². The molecule has 0 amide bonds. The molecule has 0 atom stereocenters. The molecular formula is C13H13N3O4S. The van der Waals surface area contributed by atoms with Crippen LogP contribution in [0.4, 0.5) is 10.7 Å². The van der Waals surface area contributed by atoms with E-state index in [-0.39, 0.29) is 5.56 Å². The molecule has 21 heavy (non-hydrogen) atoms. The van der Waals surface area contributed by atoms with Crippen molar-refractivity contribution in [2.75, 3.05) is 26.6 Å². The Bertz CT molecular complexity index is 720. The highest BCUT2D eigenvalue weighted by Gasteiger charge is 2.15. The average molecular weight is 307 g/mol. The molecule has 0 radical (unpaired) electrons. The van der Waals surface area contributed by atoms with Crippen LogP contribution in [-0.2, 0) is 0 Å². The minimum Gasteiger partial charge on any atom is -0.493 e. The van der Waals surface area contributed by atoms with E-state index in [2.05, 4.69) is 9.69 Å². The number of hydrogen-bond donors (Lipinski definition) is 2. The number of nitriles is 1. The number of aromatic amines is 1. The van der Waals surface area contributed by atoms with Crippen LogP contribution in [0, 0.1) is 11.3 Å². The first-order valence-electron chi connectivity index (χ1n) is 5.83. The van der Waals surface area contributed by atoms with Gasteiger partial charge in [-0.25, -0.2) is 0 Å². The van der Waals surface area contributed by atoms with Crippen molar-refractivity contribution in [2.45, 2.75) is 0 Å². The van der Waals surface area contributed by atoms with Gasteiger partial charge in [-0.2, -0.15) is 5.26 Å². The normalized spacial score (nSPS) is 9.81. The smallest absolute Gasteiger partial charge is 0.278 e. The second kappa shape index (κ2) is 6.19. The minimum atomic E-state index is -0.419. The summed E-state index contributed by atoms with van der Waals surface area (Å²) in [6.45, 7) is 0. The highest BCUT2D eigenvalue weighted by molar-refractivity contribution is 7.10. The second-order valence-electron chi connectivity index (χ2n) is 3.89. The number of nitrogens with one attached hydrogen (secondary N) is 2. The lowest BCUT2D eigenvalue weighted by Crippen LogP contribution is -2.03. The largest absolute Gasteiger partial charge is 0.493 e. The summed E-state index contributed by atoms with van der Waals surface area (Å²) in [5.74, 6) is 1.41. The molecule has 2 aromatic rings. The molecule has 7 nitrogen and oxygen atoms in total. The summed E-state index contributed by atoms with van der Waals surface area (Å²) in [7, 11) is 4.53. The molecule has 1 aromatic heterocycles. The first-order valence-corrected chi connectivity index (χ1v) is 6.64. The summed E-state index contributed by atoms with van der Waals surface area (Å²) in [4.78, 5) is 11.4. The molecule has 110 valence electrons. The minimum absolute atomic E-state index is 0.0359. The number of hydrogen-bond acceptors (Lipinski definition) is 7. The molecule has 0 aliphatic heterocycles. The first kappa shape index (κ1) is 14.7. The Morgan fingerprint density at radius 1 is 1.19 bits per heavy atom. The van der Waals surface area contributed by atoms with Gasteiger partial charge in [-0.15, -0.1) is 0 Å². The van der Waals surface area contributed by atoms with Gasteiger partial charge in [0.15, 0.2) is 17.1 Å². The molecule has 1 aromatic carbocycles. The van der Waals surface area contributed by atoms with Crippen molar-refractivity contribution < 1.29 is 14.2 Å². The number of methoxy groups -OCH3 is 3. The van der Waals surface area contributed by atoms with Gasteiger partial charge < -0.3 is 19.5 Å².